The van der Waals surface area contributed by atoms with Crippen molar-refractivity contribution < 1.29 is 29.0 Å². The molecule has 0 aliphatic carbocycles. The Morgan fingerprint density at radius 2 is 1.82 bits per heavy atom. The summed E-state index contributed by atoms with van der Waals surface area (Å²) < 4.78 is 12.3. The Labute approximate surface area is 159 Å². The molecular weight excluding hydrogens is 366 g/mol. The first-order valence-electron chi connectivity index (χ1n) is 8.55. The van der Waals surface area contributed by atoms with Crippen molar-refractivity contribution in [1.82, 2.24) is 4.57 Å². The molecule has 0 amide bonds. The number of hydrogen-bond acceptors (Lipinski definition) is 5. The van der Waals surface area contributed by atoms with Crippen LogP contribution in [0.4, 0.5) is 0 Å². The highest BCUT2D eigenvalue weighted by atomic mass is 16.5. The van der Waals surface area contributed by atoms with E-state index in [0.717, 1.165) is 0 Å². The van der Waals surface area contributed by atoms with E-state index in [1.165, 1.54) is 11.7 Å². The number of carboxylic acids is 2. The zero-order chi connectivity index (χ0) is 20.4. The maximum Gasteiger partial charge on any atom is 0.307 e. The molecule has 2 heterocycles. The number of furan rings is 1. The van der Waals surface area contributed by atoms with Gasteiger partial charge in [0.05, 0.1) is 25.3 Å². The van der Waals surface area contributed by atoms with Gasteiger partial charge in [0.15, 0.2) is 0 Å². The first-order valence-corrected chi connectivity index (χ1v) is 8.55. The van der Waals surface area contributed by atoms with Crippen molar-refractivity contribution in [2.24, 2.45) is 0 Å². The van der Waals surface area contributed by atoms with Gasteiger partial charge in [0, 0.05) is 29.4 Å². The third kappa shape index (κ3) is 3.62. The van der Waals surface area contributed by atoms with Crippen molar-refractivity contribution in [2.75, 3.05) is 7.11 Å². The maximum atomic E-state index is 13.0. The van der Waals surface area contributed by atoms with E-state index in [1.807, 2.05) is 0 Å². The van der Waals surface area contributed by atoms with Gasteiger partial charge in [-0.05, 0) is 31.2 Å². The minimum Gasteiger partial charge on any atom is -0.497 e. The lowest BCUT2D eigenvalue weighted by atomic mass is 10.0. The molecule has 0 unspecified atom stereocenters. The fourth-order valence-corrected chi connectivity index (χ4v) is 3.16. The molecule has 0 aliphatic heterocycles. The molecule has 0 saturated heterocycles. The van der Waals surface area contributed by atoms with E-state index in [0.29, 0.717) is 22.8 Å². The summed E-state index contributed by atoms with van der Waals surface area (Å²) in [6.07, 6.45) is -0.616. The number of aryl methyl sites for hydroxylation is 1. The van der Waals surface area contributed by atoms with Crippen LogP contribution in [0, 0.1) is 6.92 Å². The van der Waals surface area contributed by atoms with Crippen molar-refractivity contribution in [2.45, 2.75) is 26.3 Å². The molecule has 2 N–H and O–H groups in total. The Morgan fingerprint density at radius 3 is 2.39 bits per heavy atom. The monoisotopic (exact) mass is 385 g/mol. The fourth-order valence-electron chi connectivity index (χ4n) is 3.16. The minimum absolute atomic E-state index is 0.00843. The van der Waals surface area contributed by atoms with E-state index in [4.69, 9.17) is 14.3 Å². The molecule has 8 nitrogen and oxygen atoms in total. The normalized spacial score (nSPS) is 10.9. The molecule has 0 fully saturated rings. The van der Waals surface area contributed by atoms with E-state index < -0.39 is 23.9 Å². The molecule has 1 aromatic carbocycles. The Hall–Kier alpha value is -3.55. The fraction of sp³-hybridized carbons (Fsp3) is 0.250. The molecule has 28 heavy (non-hydrogen) atoms. The molecule has 0 saturated carbocycles. The van der Waals surface area contributed by atoms with Crippen LogP contribution in [0.5, 0.6) is 5.75 Å². The third-order valence-electron chi connectivity index (χ3n) is 4.49. The van der Waals surface area contributed by atoms with Crippen LogP contribution in [0.3, 0.4) is 0 Å². The van der Waals surface area contributed by atoms with E-state index in [1.54, 1.807) is 37.3 Å². The van der Waals surface area contributed by atoms with Gasteiger partial charge in [-0.2, -0.15) is 0 Å². The van der Waals surface area contributed by atoms with Crippen LogP contribution in [-0.2, 0) is 22.6 Å². The Morgan fingerprint density at radius 1 is 1.14 bits per heavy atom. The molecule has 0 spiro atoms. The molecule has 3 rings (SSSR count). The summed E-state index contributed by atoms with van der Waals surface area (Å²) in [6.45, 7) is 1.67. The number of carbonyl (C=O) groups is 2. The summed E-state index contributed by atoms with van der Waals surface area (Å²) in [5.74, 6) is -1.20. The number of aromatic nitrogens is 1. The van der Waals surface area contributed by atoms with Crippen LogP contribution in [0.15, 0.2) is 39.5 Å². The van der Waals surface area contributed by atoms with Crippen LogP contribution >= 0.6 is 0 Å². The molecule has 2 aromatic heterocycles. The smallest absolute Gasteiger partial charge is 0.307 e. The lowest BCUT2D eigenvalue weighted by molar-refractivity contribution is -0.137. The average Bonchev–Trinajstić information content (AvgIpc) is 2.98. The molecule has 0 aliphatic rings. The molecule has 3 aromatic rings. The Kier molecular flexibility index (Phi) is 5.21. The highest BCUT2D eigenvalue weighted by Gasteiger charge is 2.23. The highest BCUT2D eigenvalue weighted by Crippen LogP contribution is 2.33. The number of pyridine rings is 1. The summed E-state index contributed by atoms with van der Waals surface area (Å²) >= 11 is 0. The molecule has 0 radical (unpaired) electrons. The van der Waals surface area contributed by atoms with Crippen LogP contribution in [0.1, 0.15) is 17.7 Å². The SMILES string of the molecule is COc1ccc(-c2oc3cc(C)n(CCC(=O)O)c(=O)c3c2CC(=O)O)cc1. The van der Waals surface area contributed by atoms with E-state index in [9.17, 15) is 19.5 Å². The second kappa shape index (κ2) is 7.59. The summed E-state index contributed by atoms with van der Waals surface area (Å²) in [6, 6.07) is 8.49. The van der Waals surface area contributed by atoms with E-state index in [-0.39, 0.29) is 29.5 Å². The Bertz CT molecular complexity index is 1110. The lowest BCUT2D eigenvalue weighted by Gasteiger charge is -2.08. The topological polar surface area (TPSA) is 119 Å². The number of nitrogens with zero attached hydrogens (tertiary/aromatic N) is 1. The van der Waals surface area contributed by atoms with Gasteiger partial charge in [0.1, 0.15) is 17.1 Å². The quantitative estimate of drug-likeness (QED) is 0.642. The van der Waals surface area contributed by atoms with E-state index in [2.05, 4.69) is 0 Å². The lowest BCUT2D eigenvalue weighted by Crippen LogP contribution is -2.24. The zero-order valence-corrected chi connectivity index (χ0v) is 15.4. The molecular formula is C20H19NO7. The van der Waals surface area contributed by atoms with Crippen LogP contribution in [0.2, 0.25) is 0 Å². The summed E-state index contributed by atoms with van der Waals surface area (Å²) in [7, 11) is 1.54. The van der Waals surface area contributed by atoms with Gasteiger partial charge in [-0.25, -0.2) is 0 Å². The first-order chi connectivity index (χ1) is 13.3. The number of benzene rings is 1. The summed E-state index contributed by atoms with van der Waals surface area (Å²) in [5.41, 5.74) is 1.23. The predicted molar refractivity (Wildman–Crippen MR) is 101 cm³/mol. The van der Waals surface area contributed by atoms with Crippen LogP contribution < -0.4 is 10.3 Å². The molecule has 146 valence electrons. The number of methoxy groups -OCH3 is 1. The van der Waals surface area contributed by atoms with Crippen molar-refractivity contribution in [3.8, 4) is 17.1 Å². The van der Waals surface area contributed by atoms with Gasteiger partial charge < -0.3 is 23.9 Å². The second-order valence-electron chi connectivity index (χ2n) is 6.33. The van der Waals surface area contributed by atoms with Crippen molar-refractivity contribution in [1.29, 1.82) is 0 Å². The van der Waals surface area contributed by atoms with Crippen molar-refractivity contribution >= 4 is 22.9 Å². The Balaban J connectivity index is 2.24. The minimum atomic E-state index is -1.10. The summed E-state index contributed by atoms with van der Waals surface area (Å²) in [5, 5.41) is 18.4. The number of carboxylic acid groups (broad SMARTS) is 2. The zero-order valence-electron chi connectivity index (χ0n) is 15.4. The van der Waals surface area contributed by atoms with Gasteiger partial charge in [-0.15, -0.1) is 0 Å². The third-order valence-corrected chi connectivity index (χ3v) is 4.49. The van der Waals surface area contributed by atoms with Gasteiger partial charge >= 0.3 is 11.9 Å². The number of ether oxygens (including phenoxy) is 1. The van der Waals surface area contributed by atoms with Crippen molar-refractivity contribution in [3.05, 3.63) is 51.9 Å². The van der Waals surface area contributed by atoms with Crippen LogP contribution in [-0.4, -0.2) is 33.8 Å². The average molecular weight is 385 g/mol. The number of hydrogen-bond donors (Lipinski definition) is 2. The largest absolute Gasteiger partial charge is 0.497 e. The van der Waals surface area contributed by atoms with Gasteiger partial charge in [0.25, 0.3) is 5.56 Å². The number of rotatable bonds is 7. The molecule has 0 bridgehead atoms. The molecule has 0 atom stereocenters. The predicted octanol–water partition coefficient (Wildman–Crippen LogP) is 2.68. The summed E-state index contributed by atoms with van der Waals surface area (Å²) in [4.78, 5) is 35.3. The second-order valence-corrected chi connectivity index (χ2v) is 6.33. The van der Waals surface area contributed by atoms with Crippen molar-refractivity contribution in [3.63, 3.8) is 0 Å². The molecule has 8 heteroatoms. The van der Waals surface area contributed by atoms with E-state index >= 15 is 0 Å². The van der Waals surface area contributed by atoms with Gasteiger partial charge in [-0.1, -0.05) is 0 Å². The standard InChI is InChI=1S/C20H19NO7/c1-11-9-15-18(20(26)21(11)8-7-16(22)23)14(10-17(24)25)19(28-15)12-3-5-13(27-2)6-4-12/h3-6,9H,7-8,10H2,1-2H3,(H,22,23)(H,24,25). The van der Waals surface area contributed by atoms with Gasteiger partial charge in [0.2, 0.25) is 0 Å². The number of aliphatic carboxylic acids is 2. The highest BCUT2D eigenvalue weighted by molar-refractivity contribution is 5.91. The van der Waals surface area contributed by atoms with Crippen LogP contribution in [0.25, 0.3) is 22.3 Å². The first kappa shape index (κ1) is 19.2. The number of fused-ring (bicyclic) bond motifs is 1. The van der Waals surface area contributed by atoms with Gasteiger partial charge in [-0.3, -0.25) is 14.4 Å². The maximum absolute atomic E-state index is 13.0.